The minimum absolute atomic E-state index is 0. The van der Waals surface area contributed by atoms with E-state index in [-0.39, 0.29) is 1.43 Å². The van der Waals surface area contributed by atoms with E-state index < -0.39 is 0 Å². The van der Waals surface area contributed by atoms with Crippen molar-refractivity contribution in [2.75, 3.05) is 7.11 Å². The van der Waals surface area contributed by atoms with Crippen molar-refractivity contribution in [3.8, 4) is 0 Å². The number of hydrogen-bond donors (Lipinski definition) is 0. The van der Waals surface area contributed by atoms with Gasteiger partial charge < -0.3 is 4.74 Å². The van der Waals surface area contributed by atoms with E-state index in [2.05, 4.69) is 16.3 Å². The van der Waals surface area contributed by atoms with Crippen molar-refractivity contribution in [2.45, 2.75) is 11.9 Å². The van der Waals surface area contributed by atoms with E-state index in [1.165, 1.54) is 0 Å². The molecule has 5 heavy (non-hydrogen) atoms. The van der Waals surface area contributed by atoms with Crippen LogP contribution in [0.25, 0.3) is 0 Å². The van der Waals surface area contributed by atoms with E-state index in [1.54, 1.807) is 7.11 Å². The minimum Gasteiger partial charge on any atom is -0.399 e. The molecule has 0 saturated carbocycles. The molecule has 0 N–H and O–H groups in total. The fourth-order valence-electron chi connectivity index (χ4n) is 0. The van der Waals surface area contributed by atoms with Gasteiger partial charge in [-0.05, 0) is 4.97 Å². The lowest BCUT2D eigenvalue weighted by molar-refractivity contribution is 0.181. The topological polar surface area (TPSA) is 9.23 Å². The Balaban J connectivity index is 0. The van der Waals surface area contributed by atoms with Crippen LogP contribution in [0.3, 0.4) is 0 Å². The molecule has 1 atom stereocenters. The first-order chi connectivity index (χ1) is 2.27. The van der Waals surface area contributed by atoms with Gasteiger partial charge in [-0.15, -0.1) is 0 Å². The van der Waals surface area contributed by atoms with Crippen molar-refractivity contribution in [3.63, 3.8) is 0 Å². The molecule has 0 amide bonds. The largest absolute Gasteiger partial charge is 0.399 e. The maximum Gasteiger partial charge on any atom is 0.170 e. The highest BCUT2D eigenvalue weighted by Crippen LogP contribution is 1.71. The Morgan fingerprint density at radius 3 is 2.20 bits per heavy atom. The molecule has 2 radical (unpaired) electrons. The van der Waals surface area contributed by atoms with Gasteiger partial charge in [0.25, 0.3) is 0 Å². The van der Waals surface area contributed by atoms with Gasteiger partial charge in [0.1, 0.15) is 0 Å². The summed E-state index contributed by atoms with van der Waals surface area (Å²) in [4.78, 5) is 0.301. The summed E-state index contributed by atoms with van der Waals surface area (Å²) in [7, 11) is 1.68. The third-order valence-corrected chi connectivity index (χ3v) is 0.644. The van der Waals surface area contributed by atoms with Gasteiger partial charge >= 0.3 is 0 Å². The molecule has 0 aromatic heterocycles. The van der Waals surface area contributed by atoms with Crippen molar-refractivity contribution in [1.82, 2.24) is 0 Å². The number of ether oxygens (including phenoxy) is 1. The van der Waals surface area contributed by atoms with E-state index in [0.717, 1.165) is 0 Å². The second-order valence-corrected chi connectivity index (χ2v) is 1.88. The molecule has 1 nitrogen and oxygen atoms in total. The van der Waals surface area contributed by atoms with E-state index >= 15 is 0 Å². The SMILES string of the molecule is CO[CH](C)[Al].[HH]. The average molecular weight is 88.1 g/mol. The van der Waals surface area contributed by atoms with E-state index in [0.29, 0.717) is 4.97 Å². The van der Waals surface area contributed by atoms with Crippen LogP contribution in [0.1, 0.15) is 8.35 Å². The molecule has 0 aromatic carbocycles. The van der Waals surface area contributed by atoms with Crippen LogP contribution < -0.4 is 0 Å². The summed E-state index contributed by atoms with van der Waals surface area (Å²) in [6.45, 7) is 1.96. The van der Waals surface area contributed by atoms with Gasteiger partial charge in [-0.2, -0.15) is 0 Å². The smallest absolute Gasteiger partial charge is 0.170 e. The highest BCUT2D eigenvalue weighted by Gasteiger charge is 1.78. The predicted octanol–water partition coefficient (Wildman–Crippen LogP) is 0.393. The molecule has 1 unspecified atom stereocenters. The van der Waals surface area contributed by atoms with Crippen LogP contribution in [0, 0.1) is 0 Å². The van der Waals surface area contributed by atoms with E-state index in [4.69, 9.17) is 4.74 Å². The van der Waals surface area contributed by atoms with E-state index in [1.807, 2.05) is 6.92 Å². The molecule has 0 heterocycles. The molecule has 0 fully saturated rings. The lowest BCUT2D eigenvalue weighted by Gasteiger charge is -1.96. The van der Waals surface area contributed by atoms with Gasteiger partial charge in [0, 0.05) is 8.54 Å². The van der Waals surface area contributed by atoms with Gasteiger partial charge in [0.15, 0.2) is 16.3 Å². The van der Waals surface area contributed by atoms with Crippen LogP contribution in [-0.4, -0.2) is 28.4 Å². The molecule has 0 aromatic rings. The summed E-state index contributed by atoms with van der Waals surface area (Å²) in [5.41, 5.74) is 0. The Bertz CT molecular complexity index is 24.8. The van der Waals surface area contributed by atoms with Crippen molar-refractivity contribution >= 4 is 16.3 Å². The molecular formula is C3H9AlO. The van der Waals surface area contributed by atoms with Gasteiger partial charge in [0.05, 0.1) is 0 Å². The highest BCUT2D eigenvalue weighted by molar-refractivity contribution is 6.10. The van der Waals surface area contributed by atoms with Crippen LogP contribution in [0.15, 0.2) is 0 Å². The van der Waals surface area contributed by atoms with Gasteiger partial charge in [0.2, 0.25) is 0 Å². The zero-order valence-corrected chi connectivity index (χ0v) is 4.72. The second kappa shape index (κ2) is 2.72. The number of methoxy groups -OCH3 is 1. The third kappa shape index (κ3) is 4.49. The molecule has 30 valence electrons. The summed E-state index contributed by atoms with van der Waals surface area (Å²) in [6.07, 6.45) is 0. The molecule has 0 rings (SSSR count). The van der Waals surface area contributed by atoms with Gasteiger partial charge in [-0.25, -0.2) is 0 Å². The second-order valence-electron chi connectivity index (χ2n) is 0.941. The molecule has 0 bridgehead atoms. The first kappa shape index (κ1) is 5.49. The summed E-state index contributed by atoms with van der Waals surface area (Å²) < 4.78 is 4.71. The van der Waals surface area contributed by atoms with Crippen LogP contribution in [0.5, 0.6) is 0 Å². The average Bonchev–Trinajstić information content (AvgIpc) is 1.38. The molecular weight excluding hydrogens is 79.0 g/mol. The summed E-state index contributed by atoms with van der Waals surface area (Å²) in [5, 5.41) is 0. The Labute approximate surface area is 42.2 Å². The summed E-state index contributed by atoms with van der Waals surface area (Å²) in [6, 6.07) is 0. The molecule has 0 spiro atoms. The van der Waals surface area contributed by atoms with Crippen molar-refractivity contribution < 1.29 is 6.16 Å². The summed E-state index contributed by atoms with van der Waals surface area (Å²) in [5.74, 6) is 0. The van der Waals surface area contributed by atoms with Crippen LogP contribution in [0.2, 0.25) is 0 Å². The monoisotopic (exact) mass is 88.0 g/mol. The Morgan fingerprint density at radius 2 is 2.20 bits per heavy atom. The standard InChI is InChI=1S/C3H7O.Al.H2/c1-3-4-2;;/h3H,1-2H3;;1H. The predicted molar refractivity (Wildman–Crippen MR) is 24.3 cm³/mol. The van der Waals surface area contributed by atoms with Crippen LogP contribution in [0.4, 0.5) is 0 Å². The highest BCUT2D eigenvalue weighted by atomic mass is 27.0. The lowest BCUT2D eigenvalue weighted by Crippen LogP contribution is -2.01. The minimum atomic E-state index is 0. The van der Waals surface area contributed by atoms with Crippen molar-refractivity contribution in [3.05, 3.63) is 0 Å². The number of hydrogen-bond acceptors (Lipinski definition) is 1. The molecule has 0 saturated heterocycles. The molecule has 0 aliphatic carbocycles. The Hall–Kier alpha value is 0.492. The fourth-order valence-corrected chi connectivity index (χ4v) is 0. The quantitative estimate of drug-likeness (QED) is 0.421. The Kier molecular flexibility index (Phi) is 2.98. The van der Waals surface area contributed by atoms with Crippen LogP contribution in [-0.2, 0) is 4.74 Å². The van der Waals surface area contributed by atoms with Crippen LogP contribution >= 0.6 is 0 Å². The number of rotatable bonds is 1. The summed E-state index contributed by atoms with van der Waals surface area (Å²) >= 11 is 2.51. The molecule has 0 aliphatic rings. The van der Waals surface area contributed by atoms with E-state index in [9.17, 15) is 0 Å². The zero-order valence-electron chi connectivity index (χ0n) is 3.56. The van der Waals surface area contributed by atoms with Crippen molar-refractivity contribution in [2.24, 2.45) is 0 Å². The fraction of sp³-hybridized carbons (Fsp3) is 1.00. The van der Waals surface area contributed by atoms with Gasteiger partial charge in [-0.3, -0.25) is 0 Å². The Morgan fingerprint density at radius 1 is 2.00 bits per heavy atom. The zero-order chi connectivity index (χ0) is 4.28. The first-order valence-electron chi connectivity index (χ1n) is 1.55. The first-order valence-corrected chi connectivity index (χ1v) is 2.22. The maximum atomic E-state index is 4.71. The third-order valence-electron chi connectivity index (χ3n) is 0.372. The maximum absolute atomic E-state index is 4.71. The van der Waals surface area contributed by atoms with Gasteiger partial charge in [-0.1, -0.05) is 6.92 Å². The lowest BCUT2D eigenvalue weighted by atomic mass is 10.9. The normalized spacial score (nSPS) is 14.8. The molecule has 2 heteroatoms. The molecule has 0 aliphatic heterocycles. The van der Waals surface area contributed by atoms with Crippen molar-refractivity contribution in [1.29, 1.82) is 0 Å².